The number of imidazole rings is 1. The van der Waals surface area contributed by atoms with Crippen molar-refractivity contribution in [3.63, 3.8) is 0 Å². The van der Waals surface area contributed by atoms with Gasteiger partial charge < -0.3 is 15.0 Å². The molecule has 150 valence electrons. The van der Waals surface area contributed by atoms with E-state index in [0.717, 1.165) is 16.7 Å². The number of anilines is 1. The molecule has 1 aromatic heterocycles. The standard InChI is InChI=1S/C25H23N3O2/c1-2-30-23(29)22-18-26-24(27-22)28-25(19-12-6-3-7-13-19,20-14-8-4-9-15-20)21-16-10-5-11-17-21/h3-18H,2H2,1H3,(H2,26,27,28). The molecule has 4 rings (SSSR count). The lowest BCUT2D eigenvalue weighted by Crippen LogP contribution is -2.38. The maximum absolute atomic E-state index is 12.1. The molecule has 0 radical (unpaired) electrons. The number of H-pyrrole nitrogens is 1. The number of hydrogen-bond donors (Lipinski definition) is 2. The average molecular weight is 397 g/mol. The smallest absolute Gasteiger partial charge is 0.356 e. The molecule has 3 aromatic carbocycles. The minimum Gasteiger partial charge on any atom is -0.461 e. The van der Waals surface area contributed by atoms with Crippen LogP contribution in [-0.4, -0.2) is 22.5 Å². The third kappa shape index (κ3) is 3.70. The molecule has 0 fully saturated rings. The van der Waals surface area contributed by atoms with Crippen molar-refractivity contribution in [3.05, 3.63) is 120 Å². The lowest BCUT2D eigenvalue weighted by molar-refractivity contribution is 0.0520. The van der Waals surface area contributed by atoms with Crippen LogP contribution in [-0.2, 0) is 10.3 Å². The molecule has 0 saturated carbocycles. The summed E-state index contributed by atoms with van der Waals surface area (Å²) in [5.74, 6) is 0.0531. The van der Waals surface area contributed by atoms with E-state index < -0.39 is 11.5 Å². The molecular weight excluding hydrogens is 374 g/mol. The summed E-state index contributed by atoms with van der Waals surface area (Å²) in [5, 5.41) is 3.58. The van der Waals surface area contributed by atoms with E-state index in [1.807, 2.05) is 54.6 Å². The number of nitrogens with zero attached hydrogens (tertiary/aromatic N) is 1. The van der Waals surface area contributed by atoms with E-state index in [1.54, 1.807) is 6.92 Å². The van der Waals surface area contributed by atoms with Crippen LogP contribution in [0.4, 0.5) is 5.95 Å². The molecule has 4 aromatic rings. The van der Waals surface area contributed by atoms with Gasteiger partial charge in [0.15, 0.2) is 0 Å². The Morgan fingerprint density at radius 2 is 1.33 bits per heavy atom. The lowest BCUT2D eigenvalue weighted by atomic mass is 9.77. The summed E-state index contributed by atoms with van der Waals surface area (Å²) in [7, 11) is 0. The van der Waals surface area contributed by atoms with Gasteiger partial charge in [-0.25, -0.2) is 9.78 Å². The molecule has 1 heterocycles. The van der Waals surface area contributed by atoms with Gasteiger partial charge in [-0.1, -0.05) is 91.0 Å². The first-order valence-electron chi connectivity index (χ1n) is 9.91. The van der Waals surface area contributed by atoms with Gasteiger partial charge in [0, 0.05) is 0 Å². The van der Waals surface area contributed by atoms with Gasteiger partial charge >= 0.3 is 5.97 Å². The summed E-state index contributed by atoms with van der Waals surface area (Å²) in [6, 6.07) is 30.6. The summed E-state index contributed by atoms with van der Waals surface area (Å²) in [5.41, 5.74) is 2.75. The molecule has 0 aliphatic carbocycles. The van der Waals surface area contributed by atoms with Crippen molar-refractivity contribution in [2.75, 3.05) is 11.9 Å². The van der Waals surface area contributed by atoms with Crippen LogP contribution in [0, 0.1) is 0 Å². The highest BCUT2D eigenvalue weighted by Crippen LogP contribution is 2.39. The summed E-state index contributed by atoms with van der Waals surface area (Å²) < 4.78 is 5.09. The Labute approximate surface area is 175 Å². The van der Waals surface area contributed by atoms with E-state index in [1.165, 1.54) is 6.20 Å². The second-order valence-electron chi connectivity index (χ2n) is 6.84. The van der Waals surface area contributed by atoms with Gasteiger partial charge in [-0.3, -0.25) is 0 Å². The van der Waals surface area contributed by atoms with Crippen molar-refractivity contribution in [3.8, 4) is 0 Å². The zero-order valence-corrected chi connectivity index (χ0v) is 16.7. The van der Waals surface area contributed by atoms with Crippen molar-refractivity contribution in [2.24, 2.45) is 0 Å². The Morgan fingerprint density at radius 3 is 1.77 bits per heavy atom. The van der Waals surface area contributed by atoms with E-state index in [0.29, 0.717) is 18.2 Å². The lowest BCUT2D eigenvalue weighted by Gasteiger charge is -2.36. The van der Waals surface area contributed by atoms with Gasteiger partial charge in [-0.05, 0) is 23.6 Å². The number of ether oxygens (including phenoxy) is 1. The van der Waals surface area contributed by atoms with Crippen molar-refractivity contribution in [1.82, 2.24) is 9.97 Å². The van der Waals surface area contributed by atoms with Crippen LogP contribution in [0.3, 0.4) is 0 Å². The SMILES string of the molecule is CCOC(=O)c1cnc(NC(c2ccccc2)(c2ccccc2)c2ccccc2)[nH]1. The van der Waals surface area contributed by atoms with Crippen LogP contribution in [0.1, 0.15) is 34.1 Å². The quantitative estimate of drug-likeness (QED) is 0.341. The number of aromatic nitrogens is 2. The molecule has 30 heavy (non-hydrogen) atoms. The van der Waals surface area contributed by atoms with E-state index in [9.17, 15) is 4.79 Å². The van der Waals surface area contributed by atoms with E-state index in [2.05, 4.69) is 51.7 Å². The molecular formula is C25H23N3O2. The Bertz CT molecular complexity index is 996. The number of benzene rings is 3. The molecule has 0 amide bonds. The van der Waals surface area contributed by atoms with Crippen LogP contribution in [0.15, 0.2) is 97.2 Å². The van der Waals surface area contributed by atoms with Crippen LogP contribution in [0.25, 0.3) is 0 Å². The number of hydrogen-bond acceptors (Lipinski definition) is 4. The molecule has 0 bridgehead atoms. The van der Waals surface area contributed by atoms with Crippen LogP contribution in [0.2, 0.25) is 0 Å². The summed E-state index contributed by atoms with van der Waals surface area (Å²) in [6.07, 6.45) is 1.49. The minimum absolute atomic E-state index is 0.308. The number of rotatable bonds is 7. The Balaban J connectivity index is 1.88. The van der Waals surface area contributed by atoms with Crippen LogP contribution < -0.4 is 5.32 Å². The predicted molar refractivity (Wildman–Crippen MR) is 117 cm³/mol. The molecule has 0 aliphatic heterocycles. The van der Waals surface area contributed by atoms with Gasteiger partial charge in [0.25, 0.3) is 0 Å². The molecule has 0 atom stereocenters. The number of carbonyl (C=O) groups is 1. The predicted octanol–water partition coefficient (Wildman–Crippen LogP) is 4.99. The summed E-state index contributed by atoms with van der Waals surface area (Å²) >= 11 is 0. The van der Waals surface area contributed by atoms with E-state index in [4.69, 9.17) is 4.74 Å². The highest BCUT2D eigenvalue weighted by Gasteiger charge is 2.37. The number of esters is 1. The van der Waals surface area contributed by atoms with Crippen LogP contribution in [0.5, 0.6) is 0 Å². The first kappa shape index (κ1) is 19.5. The molecule has 0 saturated heterocycles. The molecule has 5 heteroatoms. The van der Waals surface area contributed by atoms with Gasteiger partial charge in [-0.2, -0.15) is 0 Å². The Morgan fingerprint density at radius 1 is 0.867 bits per heavy atom. The largest absolute Gasteiger partial charge is 0.461 e. The first-order chi connectivity index (χ1) is 14.7. The van der Waals surface area contributed by atoms with Gasteiger partial charge in [0.1, 0.15) is 11.2 Å². The van der Waals surface area contributed by atoms with Crippen molar-refractivity contribution in [2.45, 2.75) is 12.5 Å². The highest BCUT2D eigenvalue weighted by atomic mass is 16.5. The van der Waals surface area contributed by atoms with Gasteiger partial charge in [-0.15, -0.1) is 0 Å². The normalized spacial score (nSPS) is 11.1. The monoisotopic (exact) mass is 397 g/mol. The highest BCUT2D eigenvalue weighted by molar-refractivity contribution is 5.87. The number of carbonyl (C=O) groups excluding carboxylic acids is 1. The maximum atomic E-state index is 12.1. The summed E-state index contributed by atoms with van der Waals surface area (Å²) in [6.45, 7) is 2.08. The van der Waals surface area contributed by atoms with Crippen molar-refractivity contribution < 1.29 is 9.53 Å². The van der Waals surface area contributed by atoms with Gasteiger partial charge in [0.2, 0.25) is 5.95 Å². The fourth-order valence-corrected chi connectivity index (χ4v) is 3.66. The Kier molecular flexibility index (Phi) is 5.61. The average Bonchev–Trinajstić information content (AvgIpc) is 3.28. The fraction of sp³-hybridized carbons (Fsp3) is 0.120. The zero-order valence-electron chi connectivity index (χ0n) is 16.7. The summed E-state index contributed by atoms with van der Waals surface area (Å²) in [4.78, 5) is 19.6. The third-order valence-electron chi connectivity index (χ3n) is 5.00. The fourth-order valence-electron chi connectivity index (χ4n) is 3.66. The third-order valence-corrected chi connectivity index (χ3v) is 5.00. The van der Waals surface area contributed by atoms with Crippen molar-refractivity contribution >= 4 is 11.9 Å². The maximum Gasteiger partial charge on any atom is 0.356 e. The molecule has 0 unspecified atom stereocenters. The minimum atomic E-state index is -0.715. The first-order valence-corrected chi connectivity index (χ1v) is 9.91. The molecule has 0 spiro atoms. The van der Waals surface area contributed by atoms with Gasteiger partial charge in [0.05, 0.1) is 12.8 Å². The molecule has 0 aliphatic rings. The second kappa shape index (κ2) is 8.66. The molecule has 2 N–H and O–H groups in total. The zero-order chi connectivity index (χ0) is 20.8. The topological polar surface area (TPSA) is 67.0 Å². The second-order valence-corrected chi connectivity index (χ2v) is 6.84. The van der Waals surface area contributed by atoms with Crippen molar-refractivity contribution in [1.29, 1.82) is 0 Å². The number of nitrogens with one attached hydrogen (secondary N) is 2. The number of aromatic amines is 1. The Hall–Kier alpha value is -3.86. The van der Waals surface area contributed by atoms with E-state index in [-0.39, 0.29) is 0 Å². The van der Waals surface area contributed by atoms with Crippen LogP contribution >= 0.6 is 0 Å². The molecule has 5 nitrogen and oxygen atoms in total. The van der Waals surface area contributed by atoms with E-state index >= 15 is 0 Å².